The van der Waals surface area contributed by atoms with Gasteiger partial charge in [0.25, 0.3) is 11.5 Å². The highest BCUT2D eigenvalue weighted by Gasteiger charge is 2.12. The quantitative estimate of drug-likeness (QED) is 0.644. The largest absolute Gasteiger partial charge is 0.365 e. The number of nitrogens with zero attached hydrogens (tertiary/aromatic N) is 1. The van der Waals surface area contributed by atoms with Gasteiger partial charge < -0.3 is 15.7 Å². The number of aromatic amines is 2. The number of nitrogens with one attached hydrogen (secondary N) is 2. The van der Waals surface area contributed by atoms with Crippen molar-refractivity contribution >= 4 is 29.3 Å². The van der Waals surface area contributed by atoms with Crippen LogP contribution in [-0.2, 0) is 0 Å². The maximum Gasteiger partial charge on any atom is 0.275 e. The van der Waals surface area contributed by atoms with Crippen LogP contribution in [0.1, 0.15) is 16.2 Å². The molecule has 0 saturated carbocycles. The highest BCUT2D eigenvalue weighted by molar-refractivity contribution is 6.04. The number of carbonyl (C=O) groups is 1. The first-order chi connectivity index (χ1) is 6.59. The molecule has 1 amide bonds. The Labute approximate surface area is 90.3 Å². The van der Waals surface area contributed by atoms with Crippen molar-refractivity contribution in [1.82, 2.24) is 15.0 Å². The summed E-state index contributed by atoms with van der Waals surface area (Å²) in [5, 5.41) is 0. The van der Waals surface area contributed by atoms with Crippen LogP contribution in [0.15, 0.2) is 11.0 Å². The fourth-order valence-electron chi connectivity index (χ4n) is 1.32. The van der Waals surface area contributed by atoms with Crippen LogP contribution in [0.2, 0.25) is 0 Å². The molecule has 0 fully saturated rings. The second kappa shape index (κ2) is 3.74. The molecule has 2 rings (SSSR count). The lowest BCUT2D eigenvalue weighted by Crippen LogP contribution is -2.13. The predicted molar refractivity (Wildman–Crippen MR) is 57.2 cm³/mol. The molecule has 4 N–H and O–H groups in total. The fourth-order valence-corrected chi connectivity index (χ4v) is 1.32. The second-order valence-corrected chi connectivity index (χ2v) is 2.94. The average Bonchev–Trinajstić information content (AvgIpc) is 2.47. The number of hydrogen-bond acceptors (Lipinski definition) is 3. The topological polar surface area (TPSA) is 105 Å². The van der Waals surface area contributed by atoms with Crippen LogP contribution in [0.4, 0.5) is 0 Å². The zero-order valence-electron chi connectivity index (χ0n) is 7.83. The third-order valence-corrected chi connectivity index (χ3v) is 1.92. The van der Waals surface area contributed by atoms with E-state index in [1.807, 2.05) is 0 Å². The van der Waals surface area contributed by atoms with E-state index >= 15 is 0 Å². The number of halogens is 1. The lowest BCUT2D eigenvalue weighted by molar-refractivity contribution is 0.100. The van der Waals surface area contributed by atoms with Gasteiger partial charge in [-0.2, -0.15) is 0 Å². The number of amides is 1. The van der Waals surface area contributed by atoms with E-state index in [1.54, 1.807) is 6.92 Å². The third kappa shape index (κ3) is 1.71. The standard InChI is InChI=1S/C8H8N4O2.ClH/c1-3-11-5-4(7(9)13)2-10-6(5)8(14)12-3;/h2,10H,1H3,(H2,9,13)(H,11,12,14);1H. The van der Waals surface area contributed by atoms with Crippen LogP contribution >= 0.6 is 12.4 Å². The molecule has 0 bridgehead atoms. The van der Waals surface area contributed by atoms with E-state index in [4.69, 9.17) is 5.73 Å². The van der Waals surface area contributed by atoms with Crippen molar-refractivity contribution in [1.29, 1.82) is 0 Å². The highest BCUT2D eigenvalue weighted by Crippen LogP contribution is 2.10. The Morgan fingerprint density at radius 2 is 2.20 bits per heavy atom. The molecule has 0 radical (unpaired) electrons. The molecule has 0 spiro atoms. The van der Waals surface area contributed by atoms with Crippen LogP contribution in [0.25, 0.3) is 11.0 Å². The molecule has 15 heavy (non-hydrogen) atoms. The smallest absolute Gasteiger partial charge is 0.275 e. The number of nitrogens with two attached hydrogens (primary N) is 1. The van der Waals surface area contributed by atoms with Crippen molar-refractivity contribution in [2.75, 3.05) is 0 Å². The lowest BCUT2D eigenvalue weighted by Gasteiger charge is -1.94. The summed E-state index contributed by atoms with van der Waals surface area (Å²) in [5.74, 6) is -0.154. The lowest BCUT2D eigenvalue weighted by atomic mass is 10.3. The summed E-state index contributed by atoms with van der Waals surface area (Å²) in [5.41, 5.74) is 5.62. The van der Waals surface area contributed by atoms with Crippen LogP contribution in [0, 0.1) is 6.92 Å². The minimum absolute atomic E-state index is 0. The Morgan fingerprint density at radius 1 is 1.53 bits per heavy atom. The number of H-pyrrole nitrogens is 2. The molecule has 7 heteroatoms. The number of rotatable bonds is 1. The first-order valence-electron chi connectivity index (χ1n) is 3.97. The van der Waals surface area contributed by atoms with E-state index < -0.39 is 5.91 Å². The summed E-state index contributed by atoms with van der Waals surface area (Å²) < 4.78 is 0. The second-order valence-electron chi connectivity index (χ2n) is 2.94. The molecule has 2 heterocycles. The number of aryl methyl sites for hydroxylation is 1. The summed E-state index contributed by atoms with van der Waals surface area (Å²) in [6.45, 7) is 1.64. The van der Waals surface area contributed by atoms with E-state index in [2.05, 4.69) is 15.0 Å². The van der Waals surface area contributed by atoms with Crippen molar-refractivity contribution in [3.05, 3.63) is 27.9 Å². The van der Waals surface area contributed by atoms with Crippen LogP contribution in [0.5, 0.6) is 0 Å². The van der Waals surface area contributed by atoms with Crippen molar-refractivity contribution in [2.24, 2.45) is 5.73 Å². The summed E-state index contributed by atoms with van der Waals surface area (Å²) >= 11 is 0. The monoisotopic (exact) mass is 228 g/mol. The normalized spacial score (nSPS) is 9.93. The summed E-state index contributed by atoms with van der Waals surface area (Å²) in [6, 6.07) is 0. The Hall–Kier alpha value is -1.82. The first kappa shape index (κ1) is 11.3. The molecular formula is C8H9ClN4O2. The van der Waals surface area contributed by atoms with Gasteiger partial charge in [-0.3, -0.25) is 9.59 Å². The molecule has 0 aliphatic heterocycles. The summed E-state index contributed by atoms with van der Waals surface area (Å²) in [6.07, 6.45) is 1.38. The average molecular weight is 229 g/mol. The van der Waals surface area contributed by atoms with Gasteiger partial charge in [0.2, 0.25) is 0 Å². The van der Waals surface area contributed by atoms with Gasteiger partial charge in [0, 0.05) is 6.20 Å². The van der Waals surface area contributed by atoms with Gasteiger partial charge in [0.15, 0.2) is 0 Å². The zero-order valence-corrected chi connectivity index (χ0v) is 8.64. The third-order valence-electron chi connectivity index (χ3n) is 1.92. The van der Waals surface area contributed by atoms with Crippen molar-refractivity contribution in [3.63, 3.8) is 0 Å². The van der Waals surface area contributed by atoms with Gasteiger partial charge >= 0.3 is 0 Å². The van der Waals surface area contributed by atoms with Crippen molar-refractivity contribution in [2.45, 2.75) is 6.92 Å². The SMILES string of the molecule is Cc1nc2c(C(N)=O)c[nH]c2c(=O)[nH]1.Cl. The highest BCUT2D eigenvalue weighted by atomic mass is 35.5. The minimum atomic E-state index is -0.603. The van der Waals surface area contributed by atoms with E-state index in [1.165, 1.54) is 6.20 Å². The van der Waals surface area contributed by atoms with Gasteiger partial charge in [-0.05, 0) is 6.92 Å². The van der Waals surface area contributed by atoms with E-state index in [-0.39, 0.29) is 29.0 Å². The summed E-state index contributed by atoms with van der Waals surface area (Å²) in [7, 11) is 0. The number of primary amides is 1. The zero-order chi connectivity index (χ0) is 10.3. The fraction of sp³-hybridized carbons (Fsp3) is 0.125. The Bertz CT molecular complexity index is 572. The minimum Gasteiger partial charge on any atom is -0.365 e. The van der Waals surface area contributed by atoms with Gasteiger partial charge in [0.05, 0.1) is 5.56 Å². The molecule has 80 valence electrons. The predicted octanol–water partition coefficient (Wildman–Crippen LogP) is 0.0803. The Morgan fingerprint density at radius 3 is 2.80 bits per heavy atom. The number of hydrogen-bond donors (Lipinski definition) is 3. The molecule has 0 saturated heterocycles. The van der Waals surface area contributed by atoms with Crippen molar-refractivity contribution in [3.8, 4) is 0 Å². The molecule has 0 unspecified atom stereocenters. The van der Waals surface area contributed by atoms with Gasteiger partial charge in [-0.15, -0.1) is 12.4 Å². The maximum absolute atomic E-state index is 11.4. The molecule has 0 aliphatic rings. The molecule has 2 aromatic heterocycles. The molecule has 0 aromatic carbocycles. The van der Waals surface area contributed by atoms with Crippen molar-refractivity contribution < 1.29 is 4.79 Å². The number of aromatic nitrogens is 3. The first-order valence-corrected chi connectivity index (χ1v) is 3.97. The van der Waals surface area contributed by atoms with Crippen LogP contribution < -0.4 is 11.3 Å². The Balaban J connectivity index is 0.00000112. The van der Waals surface area contributed by atoms with Gasteiger partial charge in [-0.1, -0.05) is 0 Å². The van der Waals surface area contributed by atoms with E-state index in [9.17, 15) is 9.59 Å². The molecule has 6 nitrogen and oxygen atoms in total. The number of fused-ring (bicyclic) bond motifs is 1. The molecule has 0 aliphatic carbocycles. The van der Waals surface area contributed by atoms with E-state index in [0.29, 0.717) is 11.3 Å². The van der Waals surface area contributed by atoms with Gasteiger partial charge in [0.1, 0.15) is 16.9 Å². The van der Waals surface area contributed by atoms with Crippen LogP contribution in [0.3, 0.4) is 0 Å². The molecule has 0 atom stereocenters. The van der Waals surface area contributed by atoms with E-state index in [0.717, 1.165) is 0 Å². The molecule has 2 aromatic rings. The summed E-state index contributed by atoms with van der Waals surface area (Å²) in [4.78, 5) is 31.5. The van der Waals surface area contributed by atoms with Gasteiger partial charge in [-0.25, -0.2) is 4.98 Å². The maximum atomic E-state index is 11.4. The Kier molecular flexibility index (Phi) is 2.81. The van der Waals surface area contributed by atoms with Crippen LogP contribution in [-0.4, -0.2) is 20.9 Å². The molecular weight excluding hydrogens is 220 g/mol. The number of carbonyl (C=O) groups excluding carboxylic acids is 1.